The third kappa shape index (κ3) is 4.66. The molecule has 0 heterocycles. The van der Waals surface area contributed by atoms with Crippen LogP contribution in [0.1, 0.15) is 78.6 Å². The first-order valence-electron chi connectivity index (χ1n) is 7.63. The summed E-state index contributed by atoms with van der Waals surface area (Å²) in [6.45, 7) is 5.86. The molecular formula is C16H29ClO2. The molecule has 0 bridgehead atoms. The molecule has 112 valence electrons. The second-order valence-electron chi connectivity index (χ2n) is 7.37. The molecule has 2 nitrogen and oxygen atoms in total. The Morgan fingerprint density at radius 3 is 2.00 bits per heavy atom. The van der Waals surface area contributed by atoms with Crippen molar-refractivity contribution in [3.63, 3.8) is 0 Å². The van der Waals surface area contributed by atoms with Crippen LogP contribution in [-0.2, 0) is 9.53 Å². The fourth-order valence-corrected chi connectivity index (χ4v) is 3.65. The molecule has 1 spiro atoms. The van der Waals surface area contributed by atoms with Crippen LogP contribution in [0.2, 0.25) is 0 Å². The van der Waals surface area contributed by atoms with E-state index in [-0.39, 0.29) is 29.9 Å². The number of hydrogen-bond donors (Lipinski definition) is 0. The van der Waals surface area contributed by atoms with Crippen molar-refractivity contribution in [1.82, 2.24) is 0 Å². The van der Waals surface area contributed by atoms with Gasteiger partial charge in [0.25, 0.3) is 0 Å². The zero-order valence-corrected chi connectivity index (χ0v) is 13.5. The minimum absolute atomic E-state index is 0. The average molecular weight is 289 g/mol. The fraction of sp³-hybridized carbons (Fsp3) is 0.938. The third-order valence-corrected chi connectivity index (χ3v) is 4.70. The Hall–Kier alpha value is -0.240. The second kappa shape index (κ2) is 6.47. The van der Waals surface area contributed by atoms with Crippen molar-refractivity contribution in [3.05, 3.63) is 0 Å². The summed E-state index contributed by atoms with van der Waals surface area (Å²) in [7, 11) is 0. The van der Waals surface area contributed by atoms with Gasteiger partial charge in [-0.25, -0.2) is 0 Å². The maximum absolute atomic E-state index is 12.1. The van der Waals surface area contributed by atoms with E-state index in [2.05, 4.69) is 0 Å². The van der Waals surface area contributed by atoms with Crippen molar-refractivity contribution < 1.29 is 9.53 Å². The number of hydrogen-bond acceptors (Lipinski definition) is 2. The van der Waals surface area contributed by atoms with Crippen molar-refractivity contribution in [2.24, 2.45) is 11.3 Å². The SMILES string of the molecule is CC(C)(C)OC(=O)C1CCC2(CCCCC2)CC1.Cl. The largest absolute Gasteiger partial charge is 0.460 e. The maximum Gasteiger partial charge on any atom is 0.309 e. The van der Waals surface area contributed by atoms with Gasteiger partial charge in [-0.1, -0.05) is 19.3 Å². The van der Waals surface area contributed by atoms with Gasteiger partial charge in [-0.15, -0.1) is 12.4 Å². The number of carbonyl (C=O) groups is 1. The summed E-state index contributed by atoms with van der Waals surface area (Å²) in [6.07, 6.45) is 11.6. The van der Waals surface area contributed by atoms with Crippen LogP contribution in [0.5, 0.6) is 0 Å². The lowest BCUT2D eigenvalue weighted by molar-refractivity contribution is -0.162. The molecule has 0 radical (unpaired) electrons. The van der Waals surface area contributed by atoms with E-state index in [4.69, 9.17) is 4.74 Å². The first kappa shape index (κ1) is 16.8. The molecule has 2 aliphatic carbocycles. The van der Waals surface area contributed by atoms with E-state index in [1.165, 1.54) is 44.9 Å². The van der Waals surface area contributed by atoms with Gasteiger partial charge in [-0.2, -0.15) is 0 Å². The van der Waals surface area contributed by atoms with E-state index in [9.17, 15) is 4.79 Å². The Balaban J connectivity index is 0.00000180. The summed E-state index contributed by atoms with van der Waals surface area (Å²) >= 11 is 0. The standard InChI is InChI=1S/C16H28O2.ClH/c1-15(2,3)18-14(17)13-7-11-16(12-8-13)9-5-4-6-10-16;/h13H,4-12H2,1-3H3;1H. The number of ether oxygens (including phenoxy) is 1. The highest BCUT2D eigenvalue weighted by Gasteiger charge is 2.39. The average Bonchev–Trinajstić information content (AvgIpc) is 2.28. The number of rotatable bonds is 1. The lowest BCUT2D eigenvalue weighted by atomic mass is 9.63. The van der Waals surface area contributed by atoms with Gasteiger partial charge in [0.15, 0.2) is 0 Å². The highest BCUT2D eigenvalue weighted by atomic mass is 35.5. The molecule has 19 heavy (non-hydrogen) atoms. The molecule has 3 heteroatoms. The summed E-state index contributed by atoms with van der Waals surface area (Å²) in [5, 5.41) is 0. The quantitative estimate of drug-likeness (QED) is 0.642. The molecule has 0 aromatic heterocycles. The molecule has 0 N–H and O–H groups in total. The smallest absolute Gasteiger partial charge is 0.309 e. The van der Waals surface area contributed by atoms with Crippen LogP contribution >= 0.6 is 12.4 Å². The lowest BCUT2D eigenvalue weighted by Gasteiger charge is -2.42. The van der Waals surface area contributed by atoms with E-state index in [1.807, 2.05) is 20.8 Å². The first-order valence-corrected chi connectivity index (χ1v) is 7.63. The molecule has 2 saturated carbocycles. The third-order valence-electron chi connectivity index (χ3n) is 4.70. The lowest BCUT2D eigenvalue weighted by Crippen LogP contribution is -2.35. The highest BCUT2D eigenvalue weighted by Crippen LogP contribution is 2.49. The monoisotopic (exact) mass is 288 g/mol. The van der Waals surface area contributed by atoms with Gasteiger partial charge < -0.3 is 4.74 Å². The van der Waals surface area contributed by atoms with Crippen molar-refractivity contribution in [1.29, 1.82) is 0 Å². The van der Waals surface area contributed by atoms with E-state index in [0.29, 0.717) is 5.41 Å². The van der Waals surface area contributed by atoms with Gasteiger partial charge in [0.2, 0.25) is 0 Å². The molecule has 2 rings (SSSR count). The minimum atomic E-state index is -0.336. The van der Waals surface area contributed by atoms with Crippen LogP contribution in [0.3, 0.4) is 0 Å². The molecule has 0 aromatic carbocycles. The molecular weight excluding hydrogens is 260 g/mol. The van der Waals surface area contributed by atoms with Crippen molar-refractivity contribution in [2.45, 2.75) is 84.2 Å². The maximum atomic E-state index is 12.1. The Morgan fingerprint density at radius 1 is 1.00 bits per heavy atom. The molecule has 2 fully saturated rings. The topological polar surface area (TPSA) is 26.3 Å². The number of esters is 1. The van der Waals surface area contributed by atoms with E-state index in [1.54, 1.807) is 0 Å². The normalized spacial score (nSPS) is 23.7. The molecule has 0 saturated heterocycles. The van der Waals surface area contributed by atoms with E-state index < -0.39 is 0 Å². The Bertz CT molecular complexity index is 290. The molecule has 0 atom stereocenters. The minimum Gasteiger partial charge on any atom is -0.460 e. The Labute approximate surface area is 124 Å². The van der Waals surface area contributed by atoms with Crippen molar-refractivity contribution >= 4 is 18.4 Å². The van der Waals surface area contributed by atoms with Crippen LogP contribution < -0.4 is 0 Å². The zero-order valence-electron chi connectivity index (χ0n) is 12.7. The summed E-state index contributed by atoms with van der Waals surface area (Å²) in [6, 6.07) is 0. The molecule has 0 unspecified atom stereocenters. The predicted molar refractivity (Wildman–Crippen MR) is 80.6 cm³/mol. The van der Waals surface area contributed by atoms with Crippen molar-refractivity contribution in [3.8, 4) is 0 Å². The van der Waals surface area contributed by atoms with E-state index >= 15 is 0 Å². The Morgan fingerprint density at radius 2 is 1.53 bits per heavy atom. The zero-order chi connectivity index (χ0) is 13.2. The van der Waals surface area contributed by atoms with Gasteiger partial charge in [-0.3, -0.25) is 4.79 Å². The highest BCUT2D eigenvalue weighted by molar-refractivity contribution is 5.85. The molecule has 0 aromatic rings. The van der Waals surface area contributed by atoms with Gasteiger partial charge in [0, 0.05) is 0 Å². The van der Waals surface area contributed by atoms with Crippen LogP contribution in [0.4, 0.5) is 0 Å². The van der Waals surface area contributed by atoms with Crippen LogP contribution in [0, 0.1) is 11.3 Å². The molecule has 2 aliphatic rings. The fourth-order valence-electron chi connectivity index (χ4n) is 3.65. The van der Waals surface area contributed by atoms with Crippen LogP contribution in [0.15, 0.2) is 0 Å². The molecule has 0 amide bonds. The second-order valence-corrected chi connectivity index (χ2v) is 7.37. The van der Waals surface area contributed by atoms with Gasteiger partial charge in [-0.05, 0) is 64.7 Å². The van der Waals surface area contributed by atoms with Crippen LogP contribution in [-0.4, -0.2) is 11.6 Å². The Kier molecular flexibility index (Phi) is 5.73. The molecule has 0 aliphatic heterocycles. The summed E-state index contributed by atoms with van der Waals surface area (Å²) in [5.41, 5.74) is 0.258. The first-order chi connectivity index (χ1) is 8.40. The summed E-state index contributed by atoms with van der Waals surface area (Å²) < 4.78 is 5.51. The van der Waals surface area contributed by atoms with Gasteiger partial charge in [0.1, 0.15) is 5.60 Å². The van der Waals surface area contributed by atoms with Gasteiger partial charge in [0.05, 0.1) is 5.92 Å². The number of halogens is 1. The van der Waals surface area contributed by atoms with Gasteiger partial charge >= 0.3 is 5.97 Å². The summed E-state index contributed by atoms with van der Waals surface area (Å²) in [4.78, 5) is 12.1. The summed E-state index contributed by atoms with van der Waals surface area (Å²) in [5.74, 6) is 0.199. The number of carbonyl (C=O) groups excluding carboxylic acids is 1. The van der Waals surface area contributed by atoms with Crippen molar-refractivity contribution in [2.75, 3.05) is 0 Å². The van der Waals surface area contributed by atoms with Crippen LogP contribution in [0.25, 0.3) is 0 Å². The van der Waals surface area contributed by atoms with E-state index in [0.717, 1.165) is 12.8 Å². The predicted octanol–water partition coefficient (Wildman–Crippen LogP) is 4.89.